The van der Waals surface area contributed by atoms with Crippen molar-refractivity contribution in [2.45, 2.75) is 6.54 Å². The molecule has 1 aromatic rings. The van der Waals surface area contributed by atoms with Crippen molar-refractivity contribution in [2.24, 2.45) is 0 Å². The number of nitrogens with one attached hydrogen (secondary N) is 2. The Kier molecular flexibility index (Phi) is 14.3. The lowest BCUT2D eigenvalue weighted by atomic mass is 10.2. The molecule has 0 aliphatic rings. The Labute approximate surface area is 218 Å². The fourth-order valence-corrected chi connectivity index (χ4v) is 3.41. The quantitative estimate of drug-likeness (QED) is 0.109. The lowest BCUT2D eigenvalue weighted by molar-refractivity contribution is -0.143. The number of carboxylic acids is 4. The monoisotopic (exact) mass is 541 g/mol. The Morgan fingerprint density at radius 2 is 1.08 bits per heavy atom. The van der Waals surface area contributed by atoms with Crippen LogP contribution in [0.15, 0.2) is 24.3 Å². The molecule has 0 atom stereocenters. The van der Waals surface area contributed by atoms with E-state index in [-0.39, 0.29) is 45.2 Å². The summed E-state index contributed by atoms with van der Waals surface area (Å²) in [7, 11) is 0. The molecule has 1 amide bonds. The highest BCUT2D eigenvalue weighted by atomic mass is 32.1. The Morgan fingerprint density at radius 3 is 1.46 bits per heavy atom. The van der Waals surface area contributed by atoms with Gasteiger partial charge in [-0.05, 0) is 17.7 Å². The van der Waals surface area contributed by atoms with Crippen LogP contribution in [0.25, 0.3) is 0 Å². The number of anilines is 1. The second-order valence-electron chi connectivity index (χ2n) is 8.01. The highest BCUT2D eigenvalue weighted by Crippen LogP contribution is 2.08. The van der Waals surface area contributed by atoms with Gasteiger partial charge in [0.05, 0.1) is 38.2 Å². The molecule has 0 unspecified atom stereocenters. The van der Waals surface area contributed by atoms with E-state index in [0.29, 0.717) is 0 Å². The van der Waals surface area contributed by atoms with Gasteiger partial charge in [0.1, 0.15) is 0 Å². The zero-order valence-corrected chi connectivity index (χ0v) is 20.9. The van der Waals surface area contributed by atoms with Crippen LogP contribution in [0.1, 0.15) is 5.56 Å². The van der Waals surface area contributed by atoms with E-state index in [2.05, 4.69) is 10.6 Å². The van der Waals surface area contributed by atoms with Crippen LogP contribution in [0.5, 0.6) is 0 Å². The molecule has 14 nitrogen and oxygen atoms in total. The maximum Gasteiger partial charge on any atom is 0.317 e. The minimum absolute atomic E-state index is 0.00191. The molecule has 0 aliphatic heterocycles. The number of carboxylic acid groups (broad SMARTS) is 4. The van der Waals surface area contributed by atoms with Crippen molar-refractivity contribution in [3.63, 3.8) is 0 Å². The number of hydrogen-bond acceptors (Lipinski definition) is 9. The van der Waals surface area contributed by atoms with E-state index in [1.54, 1.807) is 29.2 Å². The molecule has 0 radical (unpaired) electrons. The van der Waals surface area contributed by atoms with Gasteiger partial charge in [0.15, 0.2) is 0 Å². The van der Waals surface area contributed by atoms with Crippen molar-refractivity contribution in [1.82, 2.24) is 20.0 Å². The summed E-state index contributed by atoms with van der Waals surface area (Å²) in [5.41, 5.74) is 2.97. The van der Waals surface area contributed by atoms with Crippen LogP contribution in [-0.4, -0.2) is 129 Å². The van der Waals surface area contributed by atoms with Gasteiger partial charge in [0, 0.05) is 38.4 Å². The Hall–Kier alpha value is -3.66. The number of benzene rings is 1. The van der Waals surface area contributed by atoms with Crippen LogP contribution in [0, 0.1) is 0 Å². The molecule has 0 saturated heterocycles. The van der Waals surface area contributed by atoms with Crippen molar-refractivity contribution in [3.05, 3.63) is 29.8 Å². The third kappa shape index (κ3) is 15.1. The highest BCUT2D eigenvalue weighted by Gasteiger charge is 2.19. The SMILES string of the molecule is O=C(O)CN(CCN(CCN(CC(=O)O)CC(=O)O)CC(=O)NCc1ccc(NC=S)cc1)CC(=O)O. The molecule has 1 rings (SSSR count). The van der Waals surface area contributed by atoms with Gasteiger partial charge < -0.3 is 31.1 Å². The number of rotatable bonds is 20. The van der Waals surface area contributed by atoms with Gasteiger partial charge in [-0.3, -0.25) is 38.7 Å². The van der Waals surface area contributed by atoms with E-state index >= 15 is 0 Å². The summed E-state index contributed by atoms with van der Waals surface area (Å²) in [5.74, 6) is -5.25. The van der Waals surface area contributed by atoms with Crippen LogP contribution in [-0.2, 0) is 30.5 Å². The van der Waals surface area contributed by atoms with Crippen molar-refractivity contribution < 1.29 is 44.4 Å². The fraction of sp³-hybridized carbons (Fsp3) is 0.455. The molecule has 15 heteroatoms. The molecular formula is C22H31N5O9S. The van der Waals surface area contributed by atoms with Gasteiger partial charge in [-0.1, -0.05) is 24.4 Å². The Balaban J connectivity index is 2.83. The van der Waals surface area contributed by atoms with Gasteiger partial charge in [-0.15, -0.1) is 0 Å². The van der Waals surface area contributed by atoms with Gasteiger partial charge in [-0.2, -0.15) is 0 Å². The minimum atomic E-state index is -1.22. The van der Waals surface area contributed by atoms with E-state index in [4.69, 9.17) is 32.6 Å². The van der Waals surface area contributed by atoms with Crippen LogP contribution in [0.3, 0.4) is 0 Å². The first-order valence-corrected chi connectivity index (χ1v) is 11.6. The molecule has 0 bridgehead atoms. The molecule has 0 spiro atoms. The summed E-state index contributed by atoms with van der Waals surface area (Å²) in [6.07, 6.45) is 0. The normalized spacial score (nSPS) is 10.9. The van der Waals surface area contributed by atoms with Crippen molar-refractivity contribution in [1.29, 1.82) is 0 Å². The third-order valence-corrected chi connectivity index (χ3v) is 5.05. The lowest BCUT2D eigenvalue weighted by Gasteiger charge is -2.28. The number of carbonyl (C=O) groups excluding carboxylic acids is 1. The van der Waals surface area contributed by atoms with E-state index < -0.39 is 50.1 Å². The molecule has 37 heavy (non-hydrogen) atoms. The minimum Gasteiger partial charge on any atom is -0.480 e. The Bertz CT molecular complexity index is 873. The number of amides is 1. The summed E-state index contributed by atoms with van der Waals surface area (Å²) in [5, 5.41) is 41.8. The molecule has 1 aromatic carbocycles. The van der Waals surface area contributed by atoms with Crippen LogP contribution in [0.2, 0.25) is 0 Å². The second kappa shape index (κ2) is 16.9. The largest absolute Gasteiger partial charge is 0.480 e. The molecule has 204 valence electrons. The highest BCUT2D eigenvalue weighted by molar-refractivity contribution is 7.79. The maximum atomic E-state index is 12.6. The van der Waals surface area contributed by atoms with E-state index in [1.807, 2.05) is 0 Å². The third-order valence-electron chi connectivity index (χ3n) is 4.94. The van der Waals surface area contributed by atoms with Gasteiger partial charge in [0.25, 0.3) is 0 Å². The smallest absolute Gasteiger partial charge is 0.317 e. The van der Waals surface area contributed by atoms with Crippen LogP contribution in [0.4, 0.5) is 5.69 Å². The molecule has 0 heterocycles. The van der Waals surface area contributed by atoms with E-state index in [0.717, 1.165) is 11.3 Å². The van der Waals surface area contributed by atoms with Gasteiger partial charge in [0.2, 0.25) is 5.91 Å². The maximum absolute atomic E-state index is 12.6. The van der Waals surface area contributed by atoms with Gasteiger partial charge in [-0.25, -0.2) is 0 Å². The first-order chi connectivity index (χ1) is 17.5. The predicted molar refractivity (Wildman–Crippen MR) is 135 cm³/mol. The number of thiocarbonyl (C=S) groups is 1. The van der Waals surface area contributed by atoms with E-state index in [9.17, 15) is 24.0 Å². The molecular weight excluding hydrogens is 510 g/mol. The van der Waals surface area contributed by atoms with E-state index in [1.165, 1.54) is 15.3 Å². The first kappa shape index (κ1) is 31.4. The molecule has 0 aromatic heterocycles. The predicted octanol–water partition coefficient (Wildman–Crippen LogP) is -1.08. The van der Waals surface area contributed by atoms with Crippen molar-refractivity contribution in [2.75, 3.05) is 64.2 Å². The molecule has 6 N–H and O–H groups in total. The summed E-state index contributed by atoms with van der Waals surface area (Å²) in [6, 6.07) is 7.17. The van der Waals surface area contributed by atoms with Crippen LogP contribution < -0.4 is 10.6 Å². The summed E-state index contributed by atoms with van der Waals surface area (Å²) >= 11 is 4.73. The number of carbonyl (C=O) groups is 5. The van der Waals surface area contributed by atoms with Crippen LogP contribution >= 0.6 is 12.2 Å². The second-order valence-corrected chi connectivity index (χ2v) is 8.24. The molecule has 0 saturated carbocycles. The summed E-state index contributed by atoms with van der Waals surface area (Å²) in [6.45, 7) is -1.87. The average molecular weight is 542 g/mol. The summed E-state index contributed by atoms with van der Waals surface area (Å²) < 4.78 is 0. The molecule has 0 aliphatic carbocycles. The summed E-state index contributed by atoms with van der Waals surface area (Å²) in [4.78, 5) is 60.8. The van der Waals surface area contributed by atoms with Gasteiger partial charge >= 0.3 is 23.9 Å². The number of nitrogens with zero attached hydrogens (tertiary/aromatic N) is 3. The first-order valence-electron chi connectivity index (χ1n) is 11.1. The fourth-order valence-electron chi connectivity index (χ4n) is 3.28. The standard InChI is InChI=1S/C22H31N5O9S/c28-18(23-9-16-1-3-17(4-2-16)24-15-37)10-25(5-7-26(11-19(29)30)12-20(31)32)6-8-27(13-21(33)34)14-22(35)36/h1-4,15H,5-14H2,(H,23,28)(H,24,37)(H,29,30)(H,31,32)(H,33,34)(H,35,36). The lowest BCUT2D eigenvalue weighted by Crippen LogP contribution is -2.47. The average Bonchev–Trinajstić information content (AvgIpc) is 2.78. The zero-order valence-electron chi connectivity index (χ0n) is 20.0. The number of aliphatic carboxylic acids is 4. The van der Waals surface area contributed by atoms with Crippen molar-refractivity contribution in [3.8, 4) is 0 Å². The zero-order chi connectivity index (χ0) is 27.8. The van der Waals surface area contributed by atoms with Crippen molar-refractivity contribution >= 4 is 53.2 Å². The Morgan fingerprint density at radius 1 is 0.676 bits per heavy atom. The number of hydrogen-bond donors (Lipinski definition) is 6. The molecule has 0 fully saturated rings. The topological polar surface area (TPSA) is 200 Å².